The number of rotatable bonds is 3. The van der Waals surface area contributed by atoms with E-state index in [1.165, 1.54) is 10.9 Å². The van der Waals surface area contributed by atoms with Gasteiger partial charge in [-0.2, -0.15) is 10.4 Å². The second kappa shape index (κ2) is 6.02. The van der Waals surface area contributed by atoms with Crippen molar-refractivity contribution in [2.75, 3.05) is 5.32 Å². The zero-order chi connectivity index (χ0) is 15.5. The Hall–Kier alpha value is -2.62. The maximum absolute atomic E-state index is 9.05. The topological polar surface area (TPSA) is 79.4 Å². The Morgan fingerprint density at radius 2 is 2.09 bits per heavy atom. The molecule has 3 heterocycles. The summed E-state index contributed by atoms with van der Waals surface area (Å²) in [6.07, 6.45) is 6.37. The summed E-state index contributed by atoms with van der Waals surface area (Å²) in [7, 11) is 0. The van der Waals surface area contributed by atoms with E-state index in [1.54, 1.807) is 36.8 Å². The molecule has 6 nitrogen and oxygen atoms in total. The normalized spacial score (nSPS) is 10.2. The Balaban J connectivity index is 1.90. The fourth-order valence-corrected chi connectivity index (χ4v) is 2.28. The van der Waals surface area contributed by atoms with Gasteiger partial charge >= 0.3 is 0 Å². The first-order chi connectivity index (χ1) is 10.7. The van der Waals surface area contributed by atoms with Gasteiger partial charge in [-0.1, -0.05) is 23.2 Å². The Kier molecular flexibility index (Phi) is 3.92. The van der Waals surface area contributed by atoms with Gasteiger partial charge in [0.15, 0.2) is 5.82 Å². The summed E-state index contributed by atoms with van der Waals surface area (Å²) in [4.78, 5) is 8.27. The van der Waals surface area contributed by atoms with E-state index < -0.39 is 0 Å². The van der Waals surface area contributed by atoms with E-state index in [-0.39, 0.29) is 0 Å². The molecule has 0 amide bonds. The highest BCUT2D eigenvalue weighted by atomic mass is 35.5. The van der Waals surface area contributed by atoms with E-state index >= 15 is 0 Å². The van der Waals surface area contributed by atoms with Crippen LogP contribution in [0.4, 0.5) is 11.5 Å². The third-order valence-corrected chi connectivity index (χ3v) is 3.26. The lowest BCUT2D eigenvalue weighted by atomic mass is 10.3. The van der Waals surface area contributed by atoms with Crippen molar-refractivity contribution in [1.82, 2.24) is 19.7 Å². The molecule has 8 heteroatoms. The largest absolute Gasteiger partial charge is 0.337 e. The predicted molar refractivity (Wildman–Crippen MR) is 83.6 cm³/mol. The quantitative estimate of drug-likeness (QED) is 0.793. The fourth-order valence-electron chi connectivity index (χ4n) is 1.81. The molecule has 0 bridgehead atoms. The van der Waals surface area contributed by atoms with E-state index in [0.717, 1.165) is 0 Å². The number of nitrogens with one attached hydrogen (secondary N) is 1. The maximum Gasteiger partial charge on any atom is 0.172 e. The Morgan fingerprint density at radius 3 is 2.86 bits per heavy atom. The molecule has 0 unspecified atom stereocenters. The smallest absolute Gasteiger partial charge is 0.172 e. The van der Waals surface area contributed by atoms with Crippen LogP contribution in [0.2, 0.25) is 10.0 Å². The van der Waals surface area contributed by atoms with Gasteiger partial charge in [0.1, 0.15) is 11.9 Å². The third kappa shape index (κ3) is 2.86. The first-order valence-corrected chi connectivity index (χ1v) is 6.91. The molecule has 0 spiro atoms. The second-order valence-corrected chi connectivity index (χ2v) is 5.11. The zero-order valence-electron chi connectivity index (χ0n) is 11.0. The van der Waals surface area contributed by atoms with Crippen LogP contribution in [0, 0.1) is 11.3 Å². The summed E-state index contributed by atoms with van der Waals surface area (Å²) >= 11 is 11.9. The highest BCUT2D eigenvalue weighted by Gasteiger charge is 2.09. The second-order valence-electron chi connectivity index (χ2n) is 4.27. The van der Waals surface area contributed by atoms with Crippen LogP contribution in [0.1, 0.15) is 5.56 Å². The van der Waals surface area contributed by atoms with Gasteiger partial charge in [0, 0.05) is 12.4 Å². The van der Waals surface area contributed by atoms with Crippen molar-refractivity contribution in [2.45, 2.75) is 0 Å². The molecule has 3 rings (SSSR count). The molecule has 22 heavy (non-hydrogen) atoms. The number of anilines is 2. The van der Waals surface area contributed by atoms with Crippen molar-refractivity contribution in [1.29, 1.82) is 5.26 Å². The Labute approximate surface area is 136 Å². The summed E-state index contributed by atoms with van der Waals surface area (Å²) in [5.41, 5.74) is 1.10. The van der Waals surface area contributed by atoms with Crippen LogP contribution in [-0.2, 0) is 0 Å². The minimum Gasteiger partial charge on any atom is -0.337 e. The van der Waals surface area contributed by atoms with Gasteiger partial charge in [-0.25, -0.2) is 14.6 Å². The summed E-state index contributed by atoms with van der Waals surface area (Å²) in [5, 5.41) is 17.1. The van der Waals surface area contributed by atoms with Crippen molar-refractivity contribution in [2.24, 2.45) is 0 Å². The molecule has 0 fully saturated rings. The average Bonchev–Trinajstić information content (AvgIpc) is 2.96. The van der Waals surface area contributed by atoms with E-state index in [0.29, 0.717) is 32.9 Å². The number of pyridine rings is 2. The van der Waals surface area contributed by atoms with Crippen molar-refractivity contribution in [3.05, 3.63) is 58.6 Å². The van der Waals surface area contributed by atoms with Crippen LogP contribution in [0.15, 0.2) is 43.0 Å². The molecule has 0 aliphatic rings. The Bertz CT molecular complexity index is 868. The minimum absolute atomic E-state index is 0.387. The minimum atomic E-state index is 0.387. The first kappa shape index (κ1) is 14.3. The molecular formula is C14H8Cl2N6. The van der Waals surface area contributed by atoms with Gasteiger partial charge in [-0.3, -0.25) is 0 Å². The predicted octanol–water partition coefficient (Wildman–Crippen LogP) is 3.58. The lowest BCUT2D eigenvalue weighted by Gasteiger charge is -2.04. The van der Waals surface area contributed by atoms with Gasteiger partial charge in [0.2, 0.25) is 0 Å². The number of nitriles is 1. The molecule has 0 saturated carbocycles. The SMILES string of the molecule is N#Cc1cccnc1Nc1cnn(-c2ncc(Cl)cc2Cl)c1. The van der Waals surface area contributed by atoms with Gasteiger partial charge in [-0.05, 0) is 18.2 Å². The maximum atomic E-state index is 9.05. The zero-order valence-corrected chi connectivity index (χ0v) is 12.5. The van der Waals surface area contributed by atoms with Crippen molar-refractivity contribution in [3.8, 4) is 11.9 Å². The van der Waals surface area contributed by atoms with E-state index in [2.05, 4.69) is 26.5 Å². The molecule has 0 atom stereocenters. The van der Waals surface area contributed by atoms with Crippen LogP contribution >= 0.6 is 23.2 Å². The lowest BCUT2D eigenvalue weighted by molar-refractivity contribution is 0.847. The molecule has 0 aromatic carbocycles. The van der Waals surface area contributed by atoms with E-state index in [4.69, 9.17) is 28.5 Å². The number of hydrogen-bond acceptors (Lipinski definition) is 5. The molecule has 108 valence electrons. The van der Waals surface area contributed by atoms with Crippen LogP contribution in [0.5, 0.6) is 0 Å². The highest BCUT2D eigenvalue weighted by molar-refractivity contribution is 6.35. The van der Waals surface area contributed by atoms with Gasteiger partial charge in [-0.15, -0.1) is 0 Å². The lowest BCUT2D eigenvalue weighted by Crippen LogP contribution is -1.99. The van der Waals surface area contributed by atoms with Crippen molar-refractivity contribution < 1.29 is 0 Å². The summed E-state index contributed by atoms with van der Waals surface area (Å²) in [5.74, 6) is 0.917. The monoisotopic (exact) mass is 330 g/mol. The van der Waals surface area contributed by atoms with Crippen molar-refractivity contribution in [3.63, 3.8) is 0 Å². The van der Waals surface area contributed by atoms with E-state index in [9.17, 15) is 0 Å². The molecule has 3 aromatic rings. The average molecular weight is 331 g/mol. The van der Waals surface area contributed by atoms with Crippen molar-refractivity contribution >= 4 is 34.7 Å². The number of aromatic nitrogens is 4. The molecule has 3 aromatic heterocycles. The summed E-state index contributed by atoms with van der Waals surface area (Å²) < 4.78 is 1.51. The molecule has 0 radical (unpaired) electrons. The van der Waals surface area contributed by atoms with E-state index in [1.807, 2.05) is 0 Å². The molecule has 0 saturated heterocycles. The van der Waals surface area contributed by atoms with Crippen LogP contribution < -0.4 is 5.32 Å². The van der Waals surface area contributed by atoms with Gasteiger partial charge in [0.05, 0.1) is 33.7 Å². The number of hydrogen-bond donors (Lipinski definition) is 1. The third-order valence-electron chi connectivity index (χ3n) is 2.78. The van der Waals surface area contributed by atoms with Crippen LogP contribution in [-0.4, -0.2) is 19.7 Å². The van der Waals surface area contributed by atoms with Gasteiger partial charge < -0.3 is 5.32 Å². The summed E-state index contributed by atoms with van der Waals surface area (Å²) in [6, 6.07) is 7.04. The van der Waals surface area contributed by atoms with Gasteiger partial charge in [0.25, 0.3) is 0 Å². The first-order valence-electron chi connectivity index (χ1n) is 6.15. The molecule has 0 aliphatic carbocycles. The highest BCUT2D eigenvalue weighted by Crippen LogP contribution is 2.23. The number of nitrogens with zero attached hydrogens (tertiary/aromatic N) is 5. The molecular weight excluding hydrogens is 323 g/mol. The molecule has 0 aliphatic heterocycles. The number of halogens is 2. The Morgan fingerprint density at radius 1 is 1.23 bits per heavy atom. The van der Waals surface area contributed by atoms with Crippen LogP contribution in [0.25, 0.3) is 5.82 Å². The molecule has 1 N–H and O–H groups in total. The summed E-state index contributed by atoms with van der Waals surface area (Å²) in [6.45, 7) is 0. The fraction of sp³-hybridized carbons (Fsp3) is 0. The van der Waals surface area contributed by atoms with Crippen LogP contribution in [0.3, 0.4) is 0 Å². The standard InChI is InChI=1S/C14H8Cl2N6/c15-10-4-12(16)14(19-6-10)22-8-11(7-20-22)21-13-9(5-17)2-1-3-18-13/h1-4,6-8H,(H,18,21).